The number of carbonyl (C=O) groups is 1. The number of carboxylic acid groups (broad SMARTS) is 1. The third kappa shape index (κ3) is 8.27. The van der Waals surface area contributed by atoms with E-state index in [2.05, 4.69) is 27.8 Å². The fourth-order valence-electron chi connectivity index (χ4n) is 4.13. The Morgan fingerprint density at radius 2 is 1.85 bits per heavy atom. The molecule has 178 valence electrons. The van der Waals surface area contributed by atoms with Gasteiger partial charge in [0.05, 0.1) is 4.90 Å². The van der Waals surface area contributed by atoms with Crippen molar-refractivity contribution in [3.63, 3.8) is 0 Å². The van der Waals surface area contributed by atoms with Crippen molar-refractivity contribution >= 4 is 27.6 Å². The number of likely N-dealkylation sites (tertiary alicyclic amines) is 1. The van der Waals surface area contributed by atoms with Crippen LogP contribution in [-0.4, -0.2) is 49.6 Å². The Kier molecular flexibility index (Phi) is 9.50. The van der Waals surface area contributed by atoms with Crippen molar-refractivity contribution in [2.45, 2.75) is 55.5 Å². The quantitative estimate of drug-likeness (QED) is 0.338. The topological polar surface area (TPSA) is 86.7 Å². The molecule has 0 saturated carbocycles. The molecule has 1 fully saturated rings. The standard InChI is InChI=1S/C25H31ClN2O4S/c26-21-13-15-24(16-14-21)33(31,32)27-22-18-23(11-5-2-6-12-25(29)30)28(19-22)17-7-10-20-8-3-1-4-9-20/h1,3-5,8-9,11,13-16,22-23,27H,2,6-7,10,12,17-19H2,(H,29,30)/t22-,23-/m1/s1. The number of unbranched alkanes of at least 4 members (excludes halogenated alkanes) is 1. The lowest BCUT2D eigenvalue weighted by molar-refractivity contribution is -0.137. The van der Waals surface area contributed by atoms with Gasteiger partial charge in [0.25, 0.3) is 0 Å². The Morgan fingerprint density at radius 1 is 1.12 bits per heavy atom. The number of benzene rings is 2. The molecule has 2 aromatic rings. The molecule has 0 spiro atoms. The van der Waals surface area contributed by atoms with E-state index in [4.69, 9.17) is 16.7 Å². The van der Waals surface area contributed by atoms with Gasteiger partial charge in [-0.3, -0.25) is 9.69 Å². The molecule has 2 aromatic carbocycles. The van der Waals surface area contributed by atoms with Crippen LogP contribution in [-0.2, 0) is 21.2 Å². The largest absolute Gasteiger partial charge is 0.481 e. The van der Waals surface area contributed by atoms with Crippen molar-refractivity contribution in [3.05, 3.63) is 77.3 Å². The summed E-state index contributed by atoms with van der Waals surface area (Å²) in [6.07, 6.45) is 8.18. The van der Waals surface area contributed by atoms with Crippen LogP contribution in [0.4, 0.5) is 0 Å². The van der Waals surface area contributed by atoms with Crippen LogP contribution in [0.15, 0.2) is 71.6 Å². The number of nitrogens with zero attached hydrogens (tertiary/aromatic N) is 1. The summed E-state index contributed by atoms with van der Waals surface area (Å²) in [7, 11) is -3.63. The highest BCUT2D eigenvalue weighted by Gasteiger charge is 2.32. The van der Waals surface area contributed by atoms with E-state index in [1.54, 1.807) is 12.1 Å². The number of halogens is 1. The molecule has 1 aliphatic heterocycles. The molecule has 0 amide bonds. The van der Waals surface area contributed by atoms with Gasteiger partial charge in [0, 0.05) is 30.1 Å². The zero-order valence-corrected chi connectivity index (χ0v) is 20.1. The average molecular weight is 491 g/mol. The van der Waals surface area contributed by atoms with E-state index in [9.17, 15) is 13.2 Å². The van der Waals surface area contributed by atoms with E-state index in [1.165, 1.54) is 17.7 Å². The molecule has 6 nitrogen and oxygen atoms in total. The Bertz CT molecular complexity index is 1030. The molecule has 3 rings (SSSR count). The zero-order valence-electron chi connectivity index (χ0n) is 18.6. The SMILES string of the molecule is O=C(O)CCCC=C[C@@H]1C[C@@H](NS(=O)(=O)c2ccc(Cl)cc2)CN1CCCc1ccccc1. The number of aliphatic carboxylic acids is 1. The molecule has 8 heteroatoms. The summed E-state index contributed by atoms with van der Waals surface area (Å²) < 4.78 is 28.5. The third-order valence-corrected chi connectivity index (χ3v) is 7.56. The first-order chi connectivity index (χ1) is 15.8. The number of allylic oxidation sites excluding steroid dienone is 1. The molecule has 1 aliphatic rings. The zero-order chi connectivity index (χ0) is 23.7. The number of carboxylic acids is 1. The van der Waals surface area contributed by atoms with Crippen molar-refractivity contribution in [1.82, 2.24) is 9.62 Å². The maximum absolute atomic E-state index is 12.8. The van der Waals surface area contributed by atoms with E-state index in [0.29, 0.717) is 30.8 Å². The van der Waals surface area contributed by atoms with Gasteiger partial charge < -0.3 is 5.11 Å². The number of hydrogen-bond donors (Lipinski definition) is 2. The molecule has 0 aromatic heterocycles. The highest BCUT2D eigenvalue weighted by Crippen LogP contribution is 2.23. The van der Waals surface area contributed by atoms with Gasteiger partial charge in [-0.15, -0.1) is 0 Å². The molecular formula is C25H31ClN2O4S. The van der Waals surface area contributed by atoms with E-state index in [-0.39, 0.29) is 23.4 Å². The van der Waals surface area contributed by atoms with Crippen LogP contribution in [0.1, 0.15) is 37.7 Å². The molecule has 0 radical (unpaired) electrons. The van der Waals surface area contributed by atoms with Gasteiger partial charge in [-0.25, -0.2) is 13.1 Å². The van der Waals surface area contributed by atoms with Gasteiger partial charge in [0.15, 0.2) is 0 Å². The second kappa shape index (κ2) is 12.3. The molecule has 1 saturated heterocycles. The van der Waals surface area contributed by atoms with Crippen molar-refractivity contribution in [2.75, 3.05) is 13.1 Å². The number of rotatable bonds is 12. The monoisotopic (exact) mass is 490 g/mol. The Hall–Kier alpha value is -2.19. The van der Waals surface area contributed by atoms with Crippen molar-refractivity contribution in [3.8, 4) is 0 Å². The van der Waals surface area contributed by atoms with Gasteiger partial charge in [-0.2, -0.15) is 0 Å². The van der Waals surface area contributed by atoms with Crippen LogP contribution < -0.4 is 4.72 Å². The summed E-state index contributed by atoms with van der Waals surface area (Å²) in [5, 5.41) is 9.30. The van der Waals surface area contributed by atoms with E-state index in [0.717, 1.165) is 19.4 Å². The lowest BCUT2D eigenvalue weighted by Crippen LogP contribution is -2.37. The van der Waals surface area contributed by atoms with Crippen LogP contribution in [0.2, 0.25) is 5.02 Å². The minimum Gasteiger partial charge on any atom is -0.481 e. The van der Waals surface area contributed by atoms with E-state index < -0.39 is 16.0 Å². The Balaban J connectivity index is 1.61. The maximum Gasteiger partial charge on any atom is 0.303 e. The molecule has 0 unspecified atom stereocenters. The number of hydrogen-bond acceptors (Lipinski definition) is 4. The Morgan fingerprint density at radius 3 is 2.55 bits per heavy atom. The van der Waals surface area contributed by atoms with Crippen LogP contribution >= 0.6 is 11.6 Å². The number of sulfonamides is 1. The normalized spacial score (nSPS) is 19.3. The first kappa shape index (κ1) is 25.4. The van der Waals surface area contributed by atoms with E-state index in [1.807, 2.05) is 24.3 Å². The molecule has 0 aliphatic carbocycles. The summed E-state index contributed by atoms with van der Waals surface area (Å²) >= 11 is 5.89. The minimum atomic E-state index is -3.63. The molecule has 33 heavy (non-hydrogen) atoms. The summed E-state index contributed by atoms with van der Waals surface area (Å²) in [5.74, 6) is -0.788. The second-order valence-corrected chi connectivity index (χ2v) is 10.5. The minimum absolute atomic E-state index is 0.114. The Labute approximate surface area is 201 Å². The second-order valence-electron chi connectivity index (χ2n) is 8.37. The highest BCUT2D eigenvalue weighted by atomic mass is 35.5. The number of aryl methyl sites for hydroxylation is 1. The van der Waals surface area contributed by atoms with Gasteiger partial charge in [0.2, 0.25) is 10.0 Å². The number of nitrogens with one attached hydrogen (secondary N) is 1. The summed E-state index contributed by atoms with van der Waals surface area (Å²) in [6, 6.07) is 16.4. The lowest BCUT2D eigenvalue weighted by Gasteiger charge is -2.21. The van der Waals surface area contributed by atoms with Crippen LogP contribution in [0, 0.1) is 0 Å². The van der Waals surface area contributed by atoms with Gasteiger partial charge >= 0.3 is 5.97 Å². The van der Waals surface area contributed by atoms with Gasteiger partial charge in [-0.05, 0) is 68.5 Å². The third-order valence-electron chi connectivity index (χ3n) is 5.77. The van der Waals surface area contributed by atoms with Crippen LogP contribution in [0.3, 0.4) is 0 Å². The van der Waals surface area contributed by atoms with Gasteiger partial charge in [-0.1, -0.05) is 54.1 Å². The molecule has 0 bridgehead atoms. The molecule has 2 N–H and O–H groups in total. The fourth-order valence-corrected chi connectivity index (χ4v) is 5.50. The summed E-state index contributed by atoms with van der Waals surface area (Å²) in [4.78, 5) is 13.2. The fraction of sp³-hybridized carbons (Fsp3) is 0.400. The molecule has 1 heterocycles. The lowest BCUT2D eigenvalue weighted by atomic mass is 10.1. The smallest absolute Gasteiger partial charge is 0.303 e. The highest BCUT2D eigenvalue weighted by molar-refractivity contribution is 7.89. The van der Waals surface area contributed by atoms with E-state index >= 15 is 0 Å². The van der Waals surface area contributed by atoms with Crippen LogP contribution in [0.25, 0.3) is 0 Å². The summed E-state index contributed by atoms with van der Waals surface area (Å²) in [5.41, 5.74) is 1.29. The first-order valence-electron chi connectivity index (χ1n) is 11.3. The average Bonchev–Trinajstić information content (AvgIpc) is 3.15. The first-order valence-corrected chi connectivity index (χ1v) is 13.1. The van der Waals surface area contributed by atoms with Crippen molar-refractivity contribution < 1.29 is 18.3 Å². The van der Waals surface area contributed by atoms with Crippen molar-refractivity contribution in [1.29, 1.82) is 0 Å². The van der Waals surface area contributed by atoms with Crippen LogP contribution in [0.5, 0.6) is 0 Å². The predicted octanol–water partition coefficient (Wildman–Crippen LogP) is 4.51. The predicted molar refractivity (Wildman–Crippen MR) is 131 cm³/mol. The van der Waals surface area contributed by atoms with Crippen molar-refractivity contribution in [2.24, 2.45) is 0 Å². The molecular weight excluding hydrogens is 460 g/mol. The summed E-state index contributed by atoms with van der Waals surface area (Å²) in [6.45, 7) is 1.49. The van der Waals surface area contributed by atoms with Gasteiger partial charge in [0.1, 0.15) is 0 Å². The molecule has 2 atom stereocenters. The maximum atomic E-state index is 12.8.